The molecule has 2 aromatic heterocycles. The normalized spacial score (nSPS) is 30.3. The fourth-order valence-corrected chi connectivity index (χ4v) is 4.42. The average Bonchev–Trinajstić information content (AvgIpc) is 3.47. The molecular formula is C20H23N5O11S. The number of primary amides is 1. The first-order valence-corrected chi connectivity index (χ1v) is 11.6. The maximum absolute atomic E-state index is 12.5. The second-order valence-corrected chi connectivity index (χ2v) is 8.99. The van der Waals surface area contributed by atoms with Crippen LogP contribution in [0, 0.1) is 5.92 Å². The predicted molar refractivity (Wildman–Crippen MR) is 122 cm³/mol. The van der Waals surface area contributed by atoms with Crippen LogP contribution in [0.5, 0.6) is 0 Å². The Morgan fingerprint density at radius 3 is 2.68 bits per heavy atom. The van der Waals surface area contributed by atoms with Gasteiger partial charge in [0.1, 0.15) is 24.4 Å². The largest absolute Gasteiger partial charge is 0.456 e. The number of ether oxygens (including phenoxy) is 3. The number of aliphatic hydroxyl groups excluding tert-OH is 4. The molecule has 0 aliphatic carbocycles. The molecule has 1 fully saturated rings. The number of thiazole rings is 1. The van der Waals surface area contributed by atoms with Crippen LogP contribution in [-0.4, -0.2) is 90.2 Å². The van der Waals surface area contributed by atoms with Crippen molar-refractivity contribution < 1.29 is 44.2 Å². The van der Waals surface area contributed by atoms with E-state index in [2.05, 4.69) is 10.3 Å². The molecule has 4 rings (SSSR count). The standard InChI is InChI=1S/C20H23N5O11S/c21-15(31)14(13-7(6-26)11(29)17(35-13)25-3-1-10(28)23-20(25)33)36-18-12(30)8(27)5-9(34-18)16(32)24-19-22-2-4-37-19/h1-5,7-8,11-14,17-18,26-27,29-30H,6H2,(H2,21,31)(H,22,24,32)(H,23,28,33)/t7-,8-,11+,12-,13-,14+,17+,18+/m0/s1. The van der Waals surface area contributed by atoms with Crippen molar-refractivity contribution in [1.82, 2.24) is 14.5 Å². The number of aliphatic hydroxyl groups is 4. The van der Waals surface area contributed by atoms with Crippen LogP contribution in [0.3, 0.4) is 0 Å². The first-order chi connectivity index (χ1) is 17.6. The Balaban J connectivity index is 1.55. The predicted octanol–water partition coefficient (Wildman–Crippen LogP) is -3.67. The van der Waals surface area contributed by atoms with Gasteiger partial charge in [-0.25, -0.2) is 9.78 Å². The summed E-state index contributed by atoms with van der Waals surface area (Å²) in [5.41, 5.74) is 3.84. The minimum Gasteiger partial charge on any atom is -0.456 e. The smallest absolute Gasteiger partial charge is 0.330 e. The zero-order chi connectivity index (χ0) is 26.9. The second-order valence-electron chi connectivity index (χ2n) is 8.09. The molecule has 200 valence electrons. The molecule has 0 spiro atoms. The van der Waals surface area contributed by atoms with E-state index in [1.54, 1.807) is 5.38 Å². The van der Waals surface area contributed by atoms with E-state index in [1.807, 2.05) is 4.98 Å². The highest BCUT2D eigenvalue weighted by atomic mass is 32.1. The molecule has 37 heavy (non-hydrogen) atoms. The lowest BCUT2D eigenvalue weighted by Gasteiger charge is -2.35. The molecule has 0 aromatic carbocycles. The molecule has 16 nitrogen and oxygen atoms in total. The van der Waals surface area contributed by atoms with Crippen LogP contribution in [0.1, 0.15) is 6.23 Å². The number of nitrogens with two attached hydrogens (primary N) is 1. The van der Waals surface area contributed by atoms with Gasteiger partial charge in [0.25, 0.3) is 11.5 Å². The van der Waals surface area contributed by atoms with Gasteiger partial charge in [-0.1, -0.05) is 0 Å². The van der Waals surface area contributed by atoms with Gasteiger partial charge in [0.2, 0.25) is 12.2 Å². The first-order valence-electron chi connectivity index (χ1n) is 10.8. The third kappa shape index (κ3) is 5.47. The Morgan fingerprint density at radius 1 is 1.30 bits per heavy atom. The number of nitrogens with zero attached hydrogens (tertiary/aromatic N) is 2. The molecule has 1 saturated heterocycles. The number of carbonyl (C=O) groups is 2. The molecule has 8 N–H and O–H groups in total. The number of anilines is 1. The maximum atomic E-state index is 12.5. The minimum atomic E-state index is -1.82. The number of aromatic nitrogens is 3. The average molecular weight is 541 g/mol. The number of rotatable bonds is 8. The molecule has 4 heterocycles. The van der Waals surface area contributed by atoms with E-state index in [1.165, 1.54) is 6.20 Å². The molecule has 0 unspecified atom stereocenters. The molecule has 17 heteroatoms. The van der Waals surface area contributed by atoms with Crippen molar-refractivity contribution in [2.45, 2.75) is 43.0 Å². The maximum Gasteiger partial charge on any atom is 0.330 e. The number of H-pyrrole nitrogens is 1. The molecule has 2 aliphatic heterocycles. The SMILES string of the molecule is NC(=O)[C@H](O[C@H]1OC(C(=O)Nc2nccs2)=C[C@H](O)[C@@H]1O)[C@H]1O[C@@H](n2ccc(=O)[nH]c2=O)[C@H](O)[C@@H]1CO. The van der Waals surface area contributed by atoms with Crippen LogP contribution in [0.4, 0.5) is 5.13 Å². The summed E-state index contributed by atoms with van der Waals surface area (Å²) < 4.78 is 17.4. The van der Waals surface area contributed by atoms with Gasteiger partial charge < -0.3 is 40.4 Å². The Kier molecular flexibility index (Phi) is 7.83. The summed E-state index contributed by atoms with van der Waals surface area (Å²) in [4.78, 5) is 54.3. The molecule has 0 saturated carbocycles. The van der Waals surface area contributed by atoms with E-state index in [4.69, 9.17) is 19.9 Å². The Hall–Kier alpha value is -3.45. The van der Waals surface area contributed by atoms with Gasteiger partial charge in [0.15, 0.2) is 23.2 Å². The minimum absolute atomic E-state index is 0.227. The Labute approximate surface area is 210 Å². The van der Waals surface area contributed by atoms with Gasteiger partial charge in [-0.2, -0.15) is 0 Å². The van der Waals surface area contributed by atoms with Crippen LogP contribution < -0.4 is 22.3 Å². The zero-order valence-electron chi connectivity index (χ0n) is 18.7. The highest BCUT2D eigenvalue weighted by Crippen LogP contribution is 2.36. The number of amides is 2. The summed E-state index contributed by atoms with van der Waals surface area (Å²) in [6.45, 7) is -0.744. The van der Waals surface area contributed by atoms with Crippen molar-refractivity contribution >= 4 is 28.3 Å². The molecule has 0 radical (unpaired) electrons. The monoisotopic (exact) mass is 541 g/mol. The van der Waals surface area contributed by atoms with Gasteiger partial charge in [-0.15, -0.1) is 11.3 Å². The first kappa shape index (κ1) is 26.6. The van der Waals surface area contributed by atoms with Crippen LogP contribution in [-0.2, 0) is 23.8 Å². The van der Waals surface area contributed by atoms with Crippen LogP contribution >= 0.6 is 11.3 Å². The molecule has 2 aromatic rings. The van der Waals surface area contributed by atoms with Gasteiger partial charge in [0.05, 0.1) is 6.61 Å². The van der Waals surface area contributed by atoms with Gasteiger partial charge >= 0.3 is 5.69 Å². The second kappa shape index (κ2) is 10.9. The molecular weight excluding hydrogens is 518 g/mol. The molecule has 2 aliphatic rings. The van der Waals surface area contributed by atoms with Crippen molar-refractivity contribution in [1.29, 1.82) is 0 Å². The highest BCUT2D eigenvalue weighted by Gasteiger charge is 2.51. The Bertz CT molecular complexity index is 1280. The van der Waals surface area contributed by atoms with Crippen LogP contribution in [0.25, 0.3) is 0 Å². The fraction of sp³-hybridized carbons (Fsp3) is 0.450. The summed E-state index contributed by atoms with van der Waals surface area (Å²) in [5, 5.41) is 45.4. The van der Waals surface area contributed by atoms with E-state index >= 15 is 0 Å². The lowest BCUT2D eigenvalue weighted by Crippen LogP contribution is -2.52. The van der Waals surface area contributed by atoms with Crippen molar-refractivity contribution in [2.75, 3.05) is 11.9 Å². The van der Waals surface area contributed by atoms with E-state index in [0.29, 0.717) is 0 Å². The Morgan fingerprint density at radius 2 is 2.05 bits per heavy atom. The van der Waals surface area contributed by atoms with E-state index < -0.39 is 84.4 Å². The van der Waals surface area contributed by atoms with Crippen molar-refractivity contribution in [3.63, 3.8) is 0 Å². The van der Waals surface area contributed by atoms with Crippen molar-refractivity contribution in [3.8, 4) is 0 Å². The van der Waals surface area contributed by atoms with Crippen molar-refractivity contribution in [3.05, 3.63) is 56.5 Å². The fourth-order valence-electron chi connectivity index (χ4n) is 3.89. The topological polar surface area (TPSA) is 249 Å². The van der Waals surface area contributed by atoms with Crippen molar-refractivity contribution in [2.24, 2.45) is 11.7 Å². The van der Waals surface area contributed by atoms with Crippen LogP contribution in [0.15, 0.2) is 45.3 Å². The van der Waals surface area contributed by atoms with E-state index in [-0.39, 0.29) is 5.13 Å². The number of nitrogens with one attached hydrogen (secondary N) is 2. The molecule has 0 bridgehead atoms. The number of hydrogen-bond acceptors (Lipinski definition) is 13. The highest BCUT2D eigenvalue weighted by molar-refractivity contribution is 7.13. The molecule has 8 atom stereocenters. The lowest BCUT2D eigenvalue weighted by atomic mass is 9.94. The quantitative estimate of drug-likeness (QED) is 0.171. The van der Waals surface area contributed by atoms with Gasteiger partial charge in [0, 0.05) is 29.8 Å². The number of carbonyl (C=O) groups excluding carboxylic acids is 2. The lowest BCUT2D eigenvalue weighted by molar-refractivity contribution is -0.239. The summed E-state index contributed by atoms with van der Waals surface area (Å²) in [5.74, 6) is -3.68. The third-order valence-electron chi connectivity index (χ3n) is 5.72. The van der Waals surface area contributed by atoms with Crippen LogP contribution in [0.2, 0.25) is 0 Å². The van der Waals surface area contributed by atoms with E-state index in [0.717, 1.165) is 34.2 Å². The number of aromatic amines is 1. The number of hydrogen-bond donors (Lipinski definition) is 7. The summed E-state index contributed by atoms with van der Waals surface area (Å²) in [6.07, 6.45) is -8.13. The summed E-state index contributed by atoms with van der Waals surface area (Å²) in [7, 11) is 0. The van der Waals surface area contributed by atoms with Gasteiger partial charge in [-0.05, 0) is 6.08 Å². The molecule has 2 amide bonds. The summed E-state index contributed by atoms with van der Waals surface area (Å²) >= 11 is 1.11. The van der Waals surface area contributed by atoms with Gasteiger partial charge in [-0.3, -0.25) is 29.3 Å². The zero-order valence-corrected chi connectivity index (χ0v) is 19.6. The summed E-state index contributed by atoms with van der Waals surface area (Å²) in [6, 6.07) is 0.999. The van der Waals surface area contributed by atoms with E-state index in [9.17, 15) is 39.6 Å². The third-order valence-corrected chi connectivity index (χ3v) is 6.40.